The van der Waals surface area contributed by atoms with Crippen molar-refractivity contribution in [1.82, 2.24) is 9.29 Å². The van der Waals surface area contributed by atoms with Gasteiger partial charge in [0.25, 0.3) is 0 Å². The summed E-state index contributed by atoms with van der Waals surface area (Å²) in [5.41, 5.74) is -0.141. The molecule has 112 valence electrons. The van der Waals surface area contributed by atoms with Crippen LogP contribution in [0.3, 0.4) is 0 Å². The Kier molecular flexibility index (Phi) is 4.55. The molecular weight excluding hydrogens is 294 g/mol. The van der Waals surface area contributed by atoms with E-state index in [1.54, 1.807) is 6.07 Å². The number of sulfonamides is 1. The van der Waals surface area contributed by atoms with E-state index in [0.29, 0.717) is 19.4 Å². The lowest BCUT2D eigenvalue weighted by Gasteiger charge is -2.31. The van der Waals surface area contributed by atoms with Crippen LogP contribution in [0.25, 0.3) is 0 Å². The van der Waals surface area contributed by atoms with Gasteiger partial charge in [0, 0.05) is 25.7 Å². The van der Waals surface area contributed by atoms with Gasteiger partial charge in [-0.2, -0.15) is 9.57 Å². The number of aliphatic carboxylic acids is 1. The first-order chi connectivity index (χ1) is 9.95. The van der Waals surface area contributed by atoms with Crippen molar-refractivity contribution in [3.05, 3.63) is 24.0 Å². The van der Waals surface area contributed by atoms with Crippen molar-refractivity contribution < 1.29 is 18.3 Å². The van der Waals surface area contributed by atoms with Crippen LogP contribution in [0.5, 0.6) is 0 Å². The second-order valence-electron chi connectivity index (χ2n) is 4.93. The largest absolute Gasteiger partial charge is 0.481 e. The first kappa shape index (κ1) is 15.4. The van der Waals surface area contributed by atoms with Gasteiger partial charge >= 0.3 is 5.97 Å². The van der Waals surface area contributed by atoms with Gasteiger partial charge in [-0.3, -0.25) is 4.79 Å². The number of hydrogen-bond acceptors (Lipinski definition) is 5. The lowest BCUT2D eigenvalue weighted by molar-refractivity contribution is -0.138. The molecule has 1 fully saturated rings. The van der Waals surface area contributed by atoms with Gasteiger partial charge in [0.05, 0.1) is 0 Å². The van der Waals surface area contributed by atoms with Gasteiger partial charge in [0.1, 0.15) is 11.0 Å². The van der Waals surface area contributed by atoms with Gasteiger partial charge < -0.3 is 5.11 Å². The molecule has 1 aromatic heterocycles. The first-order valence-corrected chi connectivity index (χ1v) is 7.96. The second-order valence-corrected chi connectivity index (χ2v) is 6.84. The van der Waals surface area contributed by atoms with Crippen LogP contribution in [0, 0.1) is 17.2 Å². The Bertz CT molecular complexity index is 681. The molecular formula is C13H15N3O4S. The Morgan fingerprint density at radius 1 is 1.57 bits per heavy atom. The highest BCUT2D eigenvalue weighted by molar-refractivity contribution is 7.89. The summed E-state index contributed by atoms with van der Waals surface area (Å²) in [6.45, 7) is 0.493. The molecule has 21 heavy (non-hydrogen) atoms. The van der Waals surface area contributed by atoms with Crippen LogP contribution in [0.2, 0.25) is 0 Å². The van der Waals surface area contributed by atoms with E-state index in [-0.39, 0.29) is 29.5 Å². The molecule has 0 amide bonds. The van der Waals surface area contributed by atoms with Crippen molar-refractivity contribution in [1.29, 1.82) is 5.26 Å². The predicted molar refractivity (Wildman–Crippen MR) is 72.7 cm³/mol. The summed E-state index contributed by atoms with van der Waals surface area (Å²) in [6.07, 6.45) is 2.61. The van der Waals surface area contributed by atoms with E-state index in [4.69, 9.17) is 10.4 Å². The van der Waals surface area contributed by atoms with Crippen LogP contribution in [0.15, 0.2) is 23.2 Å². The molecule has 0 bridgehead atoms. The standard InChI is InChI=1S/C13H15N3O4S/c14-8-11-12(4-1-5-15-11)21(19,20)16-6-2-3-10(9-16)7-13(17)18/h1,4-5,10H,2-3,6-7,9H2,(H,17,18). The Labute approximate surface area is 122 Å². The normalized spacial score (nSPS) is 19.9. The topological polar surface area (TPSA) is 111 Å². The fraction of sp³-hybridized carbons (Fsp3) is 0.462. The maximum absolute atomic E-state index is 12.6. The molecule has 2 rings (SSSR count). The van der Waals surface area contributed by atoms with Crippen molar-refractivity contribution in [2.24, 2.45) is 5.92 Å². The first-order valence-electron chi connectivity index (χ1n) is 6.52. The minimum atomic E-state index is -3.82. The second kappa shape index (κ2) is 6.20. The zero-order chi connectivity index (χ0) is 15.5. The fourth-order valence-corrected chi connectivity index (χ4v) is 4.13. The molecule has 2 heterocycles. The molecule has 1 aromatic rings. The Morgan fingerprint density at radius 2 is 2.33 bits per heavy atom. The van der Waals surface area contributed by atoms with Crippen LogP contribution in [0.4, 0.5) is 0 Å². The molecule has 1 N–H and O–H groups in total. The molecule has 0 spiro atoms. The molecule has 1 aliphatic rings. The third-order valence-corrected chi connectivity index (χ3v) is 5.34. The van der Waals surface area contributed by atoms with E-state index in [9.17, 15) is 13.2 Å². The Morgan fingerprint density at radius 3 is 3.00 bits per heavy atom. The minimum absolute atomic E-state index is 0.0514. The maximum Gasteiger partial charge on any atom is 0.303 e. The van der Waals surface area contributed by atoms with E-state index in [0.717, 1.165) is 0 Å². The third kappa shape index (κ3) is 3.37. The highest BCUT2D eigenvalue weighted by Gasteiger charge is 2.32. The van der Waals surface area contributed by atoms with E-state index in [2.05, 4.69) is 4.98 Å². The van der Waals surface area contributed by atoms with Crippen LogP contribution in [-0.2, 0) is 14.8 Å². The van der Waals surface area contributed by atoms with Gasteiger partial charge in [-0.15, -0.1) is 0 Å². The van der Waals surface area contributed by atoms with Gasteiger partial charge in [0.15, 0.2) is 5.69 Å². The highest BCUT2D eigenvalue weighted by atomic mass is 32.2. The monoisotopic (exact) mass is 309 g/mol. The summed E-state index contributed by atoms with van der Waals surface area (Å²) in [4.78, 5) is 14.4. The molecule has 1 saturated heterocycles. The number of nitriles is 1. The molecule has 1 aliphatic heterocycles. The molecule has 0 aromatic carbocycles. The van der Waals surface area contributed by atoms with E-state index < -0.39 is 16.0 Å². The van der Waals surface area contributed by atoms with Crippen LogP contribution in [0.1, 0.15) is 25.0 Å². The average molecular weight is 309 g/mol. The average Bonchev–Trinajstić information content (AvgIpc) is 2.46. The fourth-order valence-electron chi connectivity index (χ4n) is 2.48. The number of carboxylic acid groups (broad SMARTS) is 1. The van der Waals surface area contributed by atoms with Gasteiger partial charge in [-0.05, 0) is 30.9 Å². The summed E-state index contributed by atoms with van der Waals surface area (Å²) in [7, 11) is -3.82. The zero-order valence-corrected chi connectivity index (χ0v) is 12.1. The number of carboxylic acids is 1. The summed E-state index contributed by atoms with van der Waals surface area (Å²) in [5.74, 6) is -1.13. The Hall–Kier alpha value is -1.98. The van der Waals surface area contributed by atoms with Crippen molar-refractivity contribution >= 4 is 16.0 Å². The summed E-state index contributed by atoms with van der Waals surface area (Å²) >= 11 is 0. The van der Waals surface area contributed by atoms with E-state index >= 15 is 0 Å². The van der Waals surface area contributed by atoms with Crippen LogP contribution < -0.4 is 0 Å². The Balaban J connectivity index is 2.27. The molecule has 1 unspecified atom stereocenters. The lowest BCUT2D eigenvalue weighted by atomic mass is 9.96. The van der Waals surface area contributed by atoms with Crippen LogP contribution >= 0.6 is 0 Å². The number of rotatable bonds is 4. The number of hydrogen-bond donors (Lipinski definition) is 1. The van der Waals surface area contributed by atoms with Crippen molar-refractivity contribution in [3.63, 3.8) is 0 Å². The summed E-state index contributed by atoms with van der Waals surface area (Å²) in [5, 5.41) is 17.8. The predicted octanol–water partition coefficient (Wildman–Crippen LogP) is 0.829. The zero-order valence-electron chi connectivity index (χ0n) is 11.3. The smallest absolute Gasteiger partial charge is 0.303 e. The van der Waals surface area contributed by atoms with Gasteiger partial charge in [-0.25, -0.2) is 13.4 Å². The van der Waals surface area contributed by atoms with E-state index in [1.807, 2.05) is 0 Å². The third-order valence-electron chi connectivity index (χ3n) is 3.44. The quantitative estimate of drug-likeness (QED) is 0.881. The summed E-state index contributed by atoms with van der Waals surface area (Å²) in [6, 6.07) is 4.59. The number of pyridine rings is 1. The summed E-state index contributed by atoms with van der Waals surface area (Å²) < 4.78 is 26.4. The molecule has 1 atom stereocenters. The van der Waals surface area contributed by atoms with Gasteiger partial charge in [-0.1, -0.05) is 0 Å². The number of nitrogens with zero attached hydrogens (tertiary/aromatic N) is 3. The van der Waals surface area contributed by atoms with Crippen molar-refractivity contribution in [2.75, 3.05) is 13.1 Å². The molecule has 0 radical (unpaired) electrons. The number of carbonyl (C=O) groups is 1. The molecule has 0 aliphatic carbocycles. The van der Waals surface area contributed by atoms with E-state index in [1.165, 1.54) is 22.6 Å². The molecule has 7 nitrogen and oxygen atoms in total. The van der Waals surface area contributed by atoms with Crippen LogP contribution in [-0.4, -0.2) is 41.9 Å². The maximum atomic E-state index is 12.6. The SMILES string of the molecule is N#Cc1ncccc1S(=O)(=O)N1CCCC(CC(=O)O)C1. The number of aromatic nitrogens is 1. The van der Waals surface area contributed by atoms with Gasteiger partial charge in [0.2, 0.25) is 10.0 Å². The highest BCUT2D eigenvalue weighted by Crippen LogP contribution is 2.26. The van der Waals surface area contributed by atoms with Crippen molar-refractivity contribution in [3.8, 4) is 6.07 Å². The number of piperidine rings is 1. The lowest BCUT2D eigenvalue weighted by Crippen LogP contribution is -2.40. The minimum Gasteiger partial charge on any atom is -0.481 e. The molecule has 0 saturated carbocycles. The van der Waals surface area contributed by atoms with Crippen molar-refractivity contribution in [2.45, 2.75) is 24.2 Å². The molecule has 8 heteroatoms.